The van der Waals surface area contributed by atoms with Gasteiger partial charge >= 0.3 is 0 Å². The first-order chi connectivity index (χ1) is 16.5. The number of nitrogens with zero attached hydrogens (tertiary/aromatic N) is 1. The number of nitro groups is 1. The Balaban J connectivity index is 1.42. The van der Waals surface area contributed by atoms with E-state index < -0.39 is 10.8 Å². The summed E-state index contributed by atoms with van der Waals surface area (Å²) >= 11 is 0. The molecule has 2 amide bonds. The number of hydrogen-bond donors (Lipinski definition) is 3. The summed E-state index contributed by atoms with van der Waals surface area (Å²) in [6.45, 7) is 0.168. The standard InChI is InChI=1S/C25H20N4O5/c30-24(18-11-12-21(22(15-18)29(32)33)27-19-7-2-1-3-8-19)26-16-17-6-4-9-20(14-17)28-25(31)23-10-5-13-34-23/h1-15,27H,16H2,(H,26,30)(H,28,31). The first-order valence-corrected chi connectivity index (χ1v) is 10.3. The highest BCUT2D eigenvalue weighted by molar-refractivity contribution is 6.02. The van der Waals surface area contributed by atoms with Crippen molar-refractivity contribution >= 4 is 34.6 Å². The molecule has 9 heteroatoms. The Morgan fingerprint density at radius 3 is 2.38 bits per heavy atom. The van der Waals surface area contributed by atoms with Crippen molar-refractivity contribution in [2.75, 3.05) is 10.6 Å². The molecule has 0 fully saturated rings. The van der Waals surface area contributed by atoms with Gasteiger partial charge in [0.05, 0.1) is 11.2 Å². The normalized spacial score (nSPS) is 10.4. The molecule has 0 saturated heterocycles. The molecule has 34 heavy (non-hydrogen) atoms. The molecule has 3 aromatic carbocycles. The van der Waals surface area contributed by atoms with Gasteiger partial charge in [-0.25, -0.2) is 0 Å². The van der Waals surface area contributed by atoms with E-state index in [0.29, 0.717) is 11.4 Å². The highest BCUT2D eigenvalue weighted by Gasteiger charge is 2.18. The molecule has 0 spiro atoms. The third kappa shape index (κ3) is 5.46. The van der Waals surface area contributed by atoms with Gasteiger partial charge in [0.25, 0.3) is 17.5 Å². The number of para-hydroxylation sites is 1. The molecule has 0 aliphatic rings. The maximum absolute atomic E-state index is 12.6. The largest absolute Gasteiger partial charge is 0.459 e. The maximum atomic E-state index is 12.6. The van der Waals surface area contributed by atoms with Gasteiger partial charge in [-0.3, -0.25) is 19.7 Å². The van der Waals surface area contributed by atoms with Crippen LogP contribution in [0, 0.1) is 10.1 Å². The average Bonchev–Trinajstić information content (AvgIpc) is 3.39. The summed E-state index contributed by atoms with van der Waals surface area (Å²) in [5, 5.41) is 20.0. The lowest BCUT2D eigenvalue weighted by Crippen LogP contribution is -2.23. The molecule has 9 nitrogen and oxygen atoms in total. The number of anilines is 3. The van der Waals surface area contributed by atoms with E-state index in [-0.39, 0.29) is 35.2 Å². The first kappa shape index (κ1) is 22.3. The van der Waals surface area contributed by atoms with Crippen molar-refractivity contribution in [3.8, 4) is 0 Å². The van der Waals surface area contributed by atoms with Crippen molar-refractivity contribution in [1.29, 1.82) is 0 Å². The van der Waals surface area contributed by atoms with Crippen molar-refractivity contribution < 1.29 is 18.9 Å². The quantitative estimate of drug-likeness (QED) is 0.250. The van der Waals surface area contributed by atoms with Crippen LogP contribution in [0.15, 0.2) is 95.6 Å². The number of carbonyl (C=O) groups excluding carboxylic acids is 2. The fourth-order valence-electron chi connectivity index (χ4n) is 3.25. The zero-order valence-corrected chi connectivity index (χ0v) is 17.9. The van der Waals surface area contributed by atoms with Crippen LogP contribution in [-0.2, 0) is 6.54 Å². The summed E-state index contributed by atoms with van der Waals surface area (Å²) in [4.78, 5) is 35.8. The molecule has 0 bridgehead atoms. The number of nitrogens with one attached hydrogen (secondary N) is 3. The van der Waals surface area contributed by atoms with Crippen LogP contribution in [0.3, 0.4) is 0 Å². The number of rotatable bonds is 8. The molecule has 0 saturated carbocycles. The van der Waals surface area contributed by atoms with Crippen LogP contribution < -0.4 is 16.0 Å². The predicted octanol–water partition coefficient (Wildman–Crippen LogP) is 5.11. The number of nitro benzene ring substituents is 1. The van der Waals surface area contributed by atoms with E-state index in [4.69, 9.17) is 4.42 Å². The van der Waals surface area contributed by atoms with Gasteiger partial charge in [0, 0.05) is 29.5 Å². The Bertz CT molecular complexity index is 1320. The zero-order valence-electron chi connectivity index (χ0n) is 17.9. The van der Waals surface area contributed by atoms with Gasteiger partial charge in [-0.05, 0) is 54.1 Å². The summed E-state index contributed by atoms with van der Waals surface area (Å²) in [6.07, 6.45) is 1.41. The molecule has 1 aromatic heterocycles. The fourth-order valence-corrected chi connectivity index (χ4v) is 3.25. The molecule has 4 rings (SSSR count). The Morgan fingerprint density at radius 2 is 1.65 bits per heavy atom. The lowest BCUT2D eigenvalue weighted by molar-refractivity contribution is -0.383. The number of amides is 2. The van der Waals surface area contributed by atoms with Gasteiger partial charge in [0.15, 0.2) is 5.76 Å². The van der Waals surface area contributed by atoms with Crippen molar-refractivity contribution in [2.45, 2.75) is 6.54 Å². The molecule has 0 unspecified atom stereocenters. The molecule has 3 N–H and O–H groups in total. The van der Waals surface area contributed by atoms with Crippen LogP contribution in [0.4, 0.5) is 22.7 Å². The fraction of sp³-hybridized carbons (Fsp3) is 0.0400. The molecule has 4 aromatic rings. The lowest BCUT2D eigenvalue weighted by Gasteiger charge is -2.10. The Kier molecular flexibility index (Phi) is 6.64. The summed E-state index contributed by atoms with van der Waals surface area (Å²) in [5.74, 6) is -0.660. The molecule has 0 radical (unpaired) electrons. The Labute approximate surface area is 194 Å². The van der Waals surface area contributed by atoms with Crippen LogP contribution in [0.2, 0.25) is 0 Å². The topological polar surface area (TPSA) is 127 Å². The van der Waals surface area contributed by atoms with Gasteiger partial charge < -0.3 is 20.4 Å². The minimum Gasteiger partial charge on any atom is -0.459 e. The van der Waals surface area contributed by atoms with E-state index in [2.05, 4.69) is 16.0 Å². The van der Waals surface area contributed by atoms with Crippen LogP contribution in [-0.4, -0.2) is 16.7 Å². The van der Waals surface area contributed by atoms with Crippen LogP contribution in [0.5, 0.6) is 0 Å². The third-order valence-corrected chi connectivity index (χ3v) is 4.89. The third-order valence-electron chi connectivity index (χ3n) is 4.89. The van der Waals surface area contributed by atoms with E-state index in [1.165, 1.54) is 24.5 Å². The Hall–Kier alpha value is -4.92. The summed E-state index contributed by atoms with van der Waals surface area (Å²) in [5.41, 5.74) is 2.21. The molecule has 0 aliphatic heterocycles. The van der Waals surface area contributed by atoms with Crippen molar-refractivity contribution in [1.82, 2.24) is 5.32 Å². The summed E-state index contributed by atoms with van der Waals surface area (Å²) in [7, 11) is 0. The summed E-state index contributed by atoms with van der Waals surface area (Å²) < 4.78 is 5.07. The minimum absolute atomic E-state index is 0.160. The van der Waals surface area contributed by atoms with Gasteiger partial charge in [-0.1, -0.05) is 30.3 Å². The van der Waals surface area contributed by atoms with Crippen LogP contribution >= 0.6 is 0 Å². The highest BCUT2D eigenvalue weighted by atomic mass is 16.6. The number of benzene rings is 3. The van der Waals surface area contributed by atoms with Crippen LogP contribution in [0.1, 0.15) is 26.5 Å². The zero-order chi connectivity index (χ0) is 23.9. The van der Waals surface area contributed by atoms with E-state index in [1.54, 1.807) is 48.5 Å². The summed E-state index contributed by atoms with van der Waals surface area (Å²) in [6, 6.07) is 23.5. The molecular formula is C25H20N4O5. The monoisotopic (exact) mass is 456 g/mol. The second kappa shape index (κ2) is 10.1. The Morgan fingerprint density at radius 1 is 0.853 bits per heavy atom. The molecule has 1 heterocycles. The van der Waals surface area contributed by atoms with Crippen LogP contribution in [0.25, 0.3) is 0 Å². The average molecular weight is 456 g/mol. The number of furan rings is 1. The molecule has 170 valence electrons. The smallest absolute Gasteiger partial charge is 0.293 e. The van der Waals surface area contributed by atoms with Crippen molar-refractivity contribution in [3.05, 3.63) is 118 Å². The maximum Gasteiger partial charge on any atom is 0.293 e. The van der Waals surface area contributed by atoms with Crippen molar-refractivity contribution in [2.24, 2.45) is 0 Å². The van der Waals surface area contributed by atoms with Gasteiger partial charge in [-0.2, -0.15) is 0 Å². The van der Waals surface area contributed by atoms with E-state index in [9.17, 15) is 19.7 Å². The molecule has 0 atom stereocenters. The van der Waals surface area contributed by atoms with Gasteiger partial charge in [0.2, 0.25) is 0 Å². The first-order valence-electron chi connectivity index (χ1n) is 10.3. The van der Waals surface area contributed by atoms with Crippen molar-refractivity contribution in [3.63, 3.8) is 0 Å². The van der Waals surface area contributed by atoms with Gasteiger partial charge in [0.1, 0.15) is 5.69 Å². The number of hydrogen-bond acceptors (Lipinski definition) is 6. The van der Waals surface area contributed by atoms with E-state index in [0.717, 1.165) is 5.56 Å². The second-order valence-corrected chi connectivity index (χ2v) is 7.29. The highest BCUT2D eigenvalue weighted by Crippen LogP contribution is 2.28. The SMILES string of the molecule is O=C(NCc1cccc(NC(=O)c2ccco2)c1)c1ccc(Nc2ccccc2)c([N+](=O)[O-])c1. The van der Waals surface area contributed by atoms with E-state index in [1.807, 2.05) is 18.2 Å². The molecular weight excluding hydrogens is 436 g/mol. The lowest BCUT2D eigenvalue weighted by atomic mass is 10.1. The minimum atomic E-state index is -0.534. The second-order valence-electron chi connectivity index (χ2n) is 7.29. The molecule has 0 aliphatic carbocycles. The van der Waals surface area contributed by atoms with Gasteiger partial charge in [-0.15, -0.1) is 0 Å². The predicted molar refractivity (Wildman–Crippen MR) is 127 cm³/mol. The number of carbonyl (C=O) groups is 2. The van der Waals surface area contributed by atoms with E-state index >= 15 is 0 Å².